The van der Waals surface area contributed by atoms with Gasteiger partial charge in [-0.05, 0) is 50.5 Å². The van der Waals surface area contributed by atoms with E-state index in [0.29, 0.717) is 6.61 Å². The highest BCUT2D eigenvalue weighted by atomic mass is 16.5. The number of carbonyl (C=O) groups is 1. The maximum absolute atomic E-state index is 11.6. The lowest BCUT2D eigenvalue weighted by Crippen LogP contribution is -2.20. The minimum atomic E-state index is -0.0983. The normalized spacial score (nSPS) is 14.7. The Morgan fingerprint density at radius 3 is 2.74 bits per heavy atom. The van der Waals surface area contributed by atoms with E-state index in [1.807, 2.05) is 19.9 Å². The Kier molecular flexibility index (Phi) is 4.80. The van der Waals surface area contributed by atoms with E-state index in [4.69, 9.17) is 4.74 Å². The first kappa shape index (κ1) is 13.9. The van der Waals surface area contributed by atoms with Gasteiger partial charge >= 0.3 is 0 Å². The number of carbonyl (C=O) groups excluding carboxylic acids is 1. The fraction of sp³-hybridized carbons (Fsp3) is 0.533. The molecule has 1 aliphatic heterocycles. The number of rotatable bonds is 5. The molecule has 0 saturated carbocycles. The van der Waals surface area contributed by atoms with Gasteiger partial charge in [0, 0.05) is 31.1 Å². The maximum atomic E-state index is 11.6. The number of hydrogen-bond acceptors (Lipinski definition) is 3. The van der Waals surface area contributed by atoms with Gasteiger partial charge in [-0.15, -0.1) is 0 Å². The van der Waals surface area contributed by atoms with Crippen LogP contribution in [0.5, 0.6) is 0 Å². The van der Waals surface area contributed by atoms with E-state index in [1.54, 1.807) is 0 Å². The van der Waals surface area contributed by atoms with Crippen LogP contribution in [-0.2, 0) is 9.53 Å². The molecule has 4 nitrogen and oxygen atoms in total. The van der Waals surface area contributed by atoms with Crippen LogP contribution in [0.4, 0.5) is 11.4 Å². The van der Waals surface area contributed by atoms with Crippen molar-refractivity contribution in [1.82, 2.24) is 0 Å². The monoisotopic (exact) mass is 262 g/mol. The van der Waals surface area contributed by atoms with Gasteiger partial charge in [-0.25, -0.2) is 0 Å². The van der Waals surface area contributed by atoms with E-state index in [0.717, 1.165) is 24.3 Å². The summed E-state index contributed by atoms with van der Waals surface area (Å²) < 4.78 is 5.09. The molecule has 1 heterocycles. The smallest absolute Gasteiger partial charge is 0.250 e. The van der Waals surface area contributed by atoms with E-state index < -0.39 is 0 Å². The number of aryl methyl sites for hydroxylation is 1. The maximum Gasteiger partial charge on any atom is 0.250 e. The standard InChI is InChI=1S/C15H22N2O2/c1-3-19-11-15(18)16-14-7-6-13(10-12(14)2)17-8-4-5-9-17/h6-7,10H,3-5,8-9,11H2,1-2H3,(H,16,18). The van der Waals surface area contributed by atoms with Gasteiger partial charge in [0.15, 0.2) is 0 Å². The molecule has 0 radical (unpaired) electrons. The second kappa shape index (κ2) is 6.57. The van der Waals surface area contributed by atoms with Crippen molar-refractivity contribution >= 4 is 17.3 Å². The number of nitrogens with zero attached hydrogens (tertiary/aromatic N) is 1. The van der Waals surface area contributed by atoms with Crippen LogP contribution in [0, 0.1) is 6.92 Å². The first-order chi connectivity index (χ1) is 9.20. The molecule has 0 bridgehead atoms. The Hall–Kier alpha value is -1.55. The Morgan fingerprint density at radius 2 is 2.11 bits per heavy atom. The summed E-state index contributed by atoms with van der Waals surface area (Å²) in [6, 6.07) is 6.20. The molecular weight excluding hydrogens is 240 g/mol. The van der Waals surface area contributed by atoms with Gasteiger partial charge in [0.2, 0.25) is 5.91 Å². The highest BCUT2D eigenvalue weighted by Gasteiger charge is 2.13. The predicted octanol–water partition coefficient (Wildman–Crippen LogP) is 2.57. The van der Waals surface area contributed by atoms with E-state index >= 15 is 0 Å². The summed E-state index contributed by atoms with van der Waals surface area (Å²) in [7, 11) is 0. The topological polar surface area (TPSA) is 41.6 Å². The van der Waals surface area contributed by atoms with Gasteiger partial charge in [0.1, 0.15) is 6.61 Å². The molecule has 1 aromatic carbocycles. The predicted molar refractivity (Wildman–Crippen MR) is 77.7 cm³/mol. The van der Waals surface area contributed by atoms with Crippen molar-refractivity contribution in [3.8, 4) is 0 Å². The molecular formula is C15H22N2O2. The molecule has 4 heteroatoms. The largest absolute Gasteiger partial charge is 0.372 e. The van der Waals surface area contributed by atoms with Crippen LogP contribution >= 0.6 is 0 Å². The first-order valence-electron chi connectivity index (χ1n) is 6.94. The number of nitrogens with one attached hydrogen (secondary N) is 1. The molecule has 0 spiro atoms. The fourth-order valence-electron chi connectivity index (χ4n) is 2.34. The summed E-state index contributed by atoms with van der Waals surface area (Å²) in [4.78, 5) is 14.0. The molecule has 1 aromatic rings. The summed E-state index contributed by atoms with van der Waals surface area (Å²) >= 11 is 0. The Labute approximate surface area is 114 Å². The van der Waals surface area contributed by atoms with E-state index in [-0.39, 0.29) is 12.5 Å². The van der Waals surface area contributed by atoms with Crippen molar-refractivity contribution in [2.24, 2.45) is 0 Å². The number of amides is 1. The highest BCUT2D eigenvalue weighted by Crippen LogP contribution is 2.25. The Bertz CT molecular complexity index is 440. The van der Waals surface area contributed by atoms with Crippen molar-refractivity contribution in [3.63, 3.8) is 0 Å². The summed E-state index contributed by atoms with van der Waals surface area (Å²) in [5.74, 6) is -0.0983. The molecule has 0 atom stereocenters. The molecule has 1 aliphatic rings. The number of hydrogen-bond donors (Lipinski definition) is 1. The van der Waals surface area contributed by atoms with Gasteiger partial charge in [-0.3, -0.25) is 4.79 Å². The summed E-state index contributed by atoms with van der Waals surface area (Å²) in [5.41, 5.74) is 3.21. The molecule has 0 aromatic heterocycles. The zero-order chi connectivity index (χ0) is 13.7. The minimum Gasteiger partial charge on any atom is -0.372 e. The lowest BCUT2D eigenvalue weighted by Gasteiger charge is -2.19. The van der Waals surface area contributed by atoms with E-state index in [2.05, 4.69) is 22.3 Å². The zero-order valence-corrected chi connectivity index (χ0v) is 11.7. The van der Waals surface area contributed by atoms with Crippen LogP contribution in [0.15, 0.2) is 18.2 Å². The lowest BCUT2D eigenvalue weighted by atomic mass is 10.1. The Morgan fingerprint density at radius 1 is 1.37 bits per heavy atom. The molecule has 19 heavy (non-hydrogen) atoms. The van der Waals surface area contributed by atoms with Crippen LogP contribution in [-0.4, -0.2) is 32.2 Å². The van der Waals surface area contributed by atoms with Crippen molar-refractivity contribution in [2.45, 2.75) is 26.7 Å². The summed E-state index contributed by atoms with van der Waals surface area (Å²) in [5, 5.41) is 2.88. The number of benzene rings is 1. The van der Waals surface area contributed by atoms with Gasteiger partial charge in [-0.1, -0.05) is 0 Å². The highest BCUT2D eigenvalue weighted by molar-refractivity contribution is 5.92. The van der Waals surface area contributed by atoms with Crippen LogP contribution in [0.2, 0.25) is 0 Å². The van der Waals surface area contributed by atoms with E-state index in [9.17, 15) is 4.79 Å². The number of ether oxygens (including phenoxy) is 1. The molecule has 0 unspecified atom stereocenters. The second-order valence-electron chi connectivity index (χ2n) is 4.88. The van der Waals surface area contributed by atoms with Crippen molar-refractivity contribution < 1.29 is 9.53 Å². The van der Waals surface area contributed by atoms with Gasteiger partial charge in [0.25, 0.3) is 0 Å². The molecule has 1 saturated heterocycles. The molecule has 2 rings (SSSR count). The Balaban J connectivity index is 2.00. The van der Waals surface area contributed by atoms with Crippen molar-refractivity contribution in [2.75, 3.05) is 36.5 Å². The zero-order valence-electron chi connectivity index (χ0n) is 11.7. The molecule has 0 aliphatic carbocycles. The summed E-state index contributed by atoms with van der Waals surface area (Å²) in [6.07, 6.45) is 2.54. The lowest BCUT2D eigenvalue weighted by molar-refractivity contribution is -0.120. The van der Waals surface area contributed by atoms with Gasteiger partial charge in [-0.2, -0.15) is 0 Å². The molecule has 1 amide bonds. The SMILES string of the molecule is CCOCC(=O)Nc1ccc(N2CCCC2)cc1C. The van der Waals surface area contributed by atoms with Crippen molar-refractivity contribution in [3.05, 3.63) is 23.8 Å². The number of anilines is 2. The third-order valence-electron chi connectivity index (χ3n) is 3.39. The first-order valence-corrected chi connectivity index (χ1v) is 6.94. The van der Waals surface area contributed by atoms with Crippen LogP contribution in [0.3, 0.4) is 0 Å². The third kappa shape index (κ3) is 3.70. The average molecular weight is 262 g/mol. The molecule has 1 fully saturated rings. The minimum absolute atomic E-state index is 0.0983. The van der Waals surface area contributed by atoms with Crippen LogP contribution in [0.25, 0.3) is 0 Å². The quantitative estimate of drug-likeness (QED) is 0.886. The fourth-order valence-corrected chi connectivity index (χ4v) is 2.34. The third-order valence-corrected chi connectivity index (χ3v) is 3.39. The van der Waals surface area contributed by atoms with Crippen LogP contribution < -0.4 is 10.2 Å². The van der Waals surface area contributed by atoms with Crippen molar-refractivity contribution in [1.29, 1.82) is 0 Å². The van der Waals surface area contributed by atoms with Gasteiger partial charge < -0.3 is 15.0 Å². The van der Waals surface area contributed by atoms with E-state index in [1.165, 1.54) is 18.5 Å². The van der Waals surface area contributed by atoms with Gasteiger partial charge in [0.05, 0.1) is 0 Å². The molecule has 1 N–H and O–H groups in total. The summed E-state index contributed by atoms with van der Waals surface area (Å²) in [6.45, 7) is 6.84. The average Bonchev–Trinajstić information content (AvgIpc) is 2.92. The molecule has 104 valence electrons. The second-order valence-corrected chi connectivity index (χ2v) is 4.88. The van der Waals surface area contributed by atoms with Crippen LogP contribution in [0.1, 0.15) is 25.3 Å².